The van der Waals surface area contributed by atoms with E-state index in [-0.39, 0.29) is 29.5 Å². The Labute approximate surface area is 156 Å². The van der Waals surface area contributed by atoms with E-state index in [2.05, 4.69) is 17.0 Å². The van der Waals surface area contributed by atoms with Crippen LogP contribution in [0.25, 0.3) is 0 Å². The average molecular weight is 383 g/mol. The number of amides is 1. The van der Waals surface area contributed by atoms with Gasteiger partial charge in [0, 0.05) is 24.8 Å². The van der Waals surface area contributed by atoms with Gasteiger partial charge in [-0.2, -0.15) is 0 Å². The SMILES string of the molecule is CCCCCC(C)NC(=O)c1cccc(S(=O)(=O)NCC2CCCO2)c1. The molecule has 2 unspecified atom stereocenters. The molecule has 0 bridgehead atoms. The molecule has 2 N–H and O–H groups in total. The van der Waals surface area contributed by atoms with Crippen molar-refractivity contribution >= 4 is 15.9 Å². The van der Waals surface area contributed by atoms with Gasteiger partial charge in [0.2, 0.25) is 10.0 Å². The van der Waals surface area contributed by atoms with Crippen molar-refractivity contribution in [2.24, 2.45) is 0 Å². The summed E-state index contributed by atoms with van der Waals surface area (Å²) in [6.45, 7) is 5.05. The molecular formula is C19H30N2O4S. The minimum Gasteiger partial charge on any atom is -0.377 e. The lowest BCUT2D eigenvalue weighted by molar-refractivity contribution is 0.0937. The summed E-state index contributed by atoms with van der Waals surface area (Å²) in [5.41, 5.74) is 0.354. The first-order valence-electron chi connectivity index (χ1n) is 9.44. The molecule has 1 amide bonds. The molecule has 2 atom stereocenters. The van der Waals surface area contributed by atoms with Crippen molar-refractivity contribution < 1.29 is 17.9 Å². The second-order valence-corrected chi connectivity index (χ2v) is 8.65. The Morgan fingerprint density at radius 2 is 2.15 bits per heavy atom. The van der Waals surface area contributed by atoms with Gasteiger partial charge in [-0.15, -0.1) is 0 Å². The number of hydrogen-bond donors (Lipinski definition) is 2. The van der Waals surface area contributed by atoms with E-state index in [9.17, 15) is 13.2 Å². The van der Waals surface area contributed by atoms with Crippen LogP contribution in [0.15, 0.2) is 29.2 Å². The average Bonchev–Trinajstić information content (AvgIpc) is 3.14. The van der Waals surface area contributed by atoms with Gasteiger partial charge in [0.15, 0.2) is 0 Å². The minimum absolute atomic E-state index is 0.0620. The highest BCUT2D eigenvalue weighted by molar-refractivity contribution is 7.89. The Kier molecular flexibility index (Phi) is 8.06. The molecule has 1 aromatic rings. The van der Waals surface area contributed by atoms with E-state index in [1.165, 1.54) is 12.1 Å². The largest absolute Gasteiger partial charge is 0.377 e. The third-order valence-corrected chi connectivity index (χ3v) is 5.97. The zero-order valence-corrected chi connectivity index (χ0v) is 16.5. The van der Waals surface area contributed by atoms with Crippen LogP contribution in [0.4, 0.5) is 0 Å². The van der Waals surface area contributed by atoms with Crippen LogP contribution in [0.3, 0.4) is 0 Å². The Morgan fingerprint density at radius 3 is 2.85 bits per heavy atom. The molecule has 1 aromatic carbocycles. The topological polar surface area (TPSA) is 84.5 Å². The van der Waals surface area contributed by atoms with Crippen LogP contribution in [0.2, 0.25) is 0 Å². The first kappa shape index (κ1) is 20.9. The highest BCUT2D eigenvalue weighted by Crippen LogP contribution is 2.15. The van der Waals surface area contributed by atoms with Gasteiger partial charge in [-0.05, 0) is 44.4 Å². The molecule has 0 aromatic heterocycles. The van der Waals surface area contributed by atoms with Gasteiger partial charge in [-0.1, -0.05) is 32.3 Å². The second-order valence-electron chi connectivity index (χ2n) is 6.89. The Balaban J connectivity index is 1.95. The number of rotatable bonds is 10. The number of ether oxygens (including phenoxy) is 1. The van der Waals surface area contributed by atoms with Gasteiger partial charge in [0.1, 0.15) is 0 Å². The molecule has 0 radical (unpaired) electrons. The molecule has 1 fully saturated rings. The third kappa shape index (κ3) is 6.37. The normalized spacial score (nSPS) is 18.6. The fraction of sp³-hybridized carbons (Fsp3) is 0.632. The molecule has 0 saturated carbocycles. The molecule has 1 heterocycles. The molecule has 1 aliphatic heterocycles. The molecule has 2 rings (SSSR count). The van der Waals surface area contributed by atoms with E-state index in [0.29, 0.717) is 12.2 Å². The highest BCUT2D eigenvalue weighted by atomic mass is 32.2. The molecule has 0 spiro atoms. The van der Waals surface area contributed by atoms with Crippen LogP contribution in [0.5, 0.6) is 0 Å². The summed E-state index contributed by atoms with van der Waals surface area (Å²) in [5.74, 6) is -0.245. The van der Waals surface area contributed by atoms with Crippen molar-refractivity contribution in [3.63, 3.8) is 0 Å². The maximum absolute atomic E-state index is 12.5. The molecule has 26 heavy (non-hydrogen) atoms. The van der Waals surface area contributed by atoms with Gasteiger partial charge < -0.3 is 10.1 Å². The van der Waals surface area contributed by atoms with Crippen LogP contribution in [-0.4, -0.2) is 39.6 Å². The van der Waals surface area contributed by atoms with E-state index in [1.54, 1.807) is 12.1 Å². The lowest BCUT2D eigenvalue weighted by Crippen LogP contribution is -2.33. The van der Waals surface area contributed by atoms with Crippen molar-refractivity contribution in [2.75, 3.05) is 13.2 Å². The van der Waals surface area contributed by atoms with E-state index in [1.807, 2.05) is 6.92 Å². The Morgan fingerprint density at radius 1 is 1.35 bits per heavy atom. The second kappa shape index (κ2) is 10.0. The van der Waals surface area contributed by atoms with Crippen LogP contribution in [-0.2, 0) is 14.8 Å². The predicted octanol–water partition coefficient (Wildman–Crippen LogP) is 2.84. The summed E-state index contributed by atoms with van der Waals surface area (Å²) in [4.78, 5) is 12.5. The number of carbonyl (C=O) groups is 1. The Hall–Kier alpha value is -1.44. The zero-order chi connectivity index (χ0) is 19.0. The van der Waals surface area contributed by atoms with Crippen molar-refractivity contribution in [3.05, 3.63) is 29.8 Å². The van der Waals surface area contributed by atoms with Crippen molar-refractivity contribution in [1.29, 1.82) is 0 Å². The highest BCUT2D eigenvalue weighted by Gasteiger charge is 2.21. The van der Waals surface area contributed by atoms with E-state index in [0.717, 1.165) is 38.5 Å². The molecule has 6 nitrogen and oxygen atoms in total. The monoisotopic (exact) mass is 382 g/mol. The maximum Gasteiger partial charge on any atom is 0.251 e. The van der Waals surface area contributed by atoms with E-state index >= 15 is 0 Å². The summed E-state index contributed by atoms with van der Waals surface area (Å²) >= 11 is 0. The molecule has 1 saturated heterocycles. The fourth-order valence-corrected chi connectivity index (χ4v) is 4.09. The summed E-state index contributed by atoms with van der Waals surface area (Å²) in [7, 11) is -3.66. The lowest BCUT2D eigenvalue weighted by atomic mass is 10.1. The van der Waals surface area contributed by atoms with Crippen LogP contribution < -0.4 is 10.0 Å². The van der Waals surface area contributed by atoms with Gasteiger partial charge in [-0.25, -0.2) is 13.1 Å². The number of sulfonamides is 1. The standard InChI is InChI=1S/C19H30N2O4S/c1-3-4-5-8-15(2)21-19(22)16-9-6-11-18(13-16)26(23,24)20-14-17-10-7-12-25-17/h6,9,11,13,15,17,20H,3-5,7-8,10,12,14H2,1-2H3,(H,21,22). The molecular weight excluding hydrogens is 352 g/mol. The predicted molar refractivity (Wildman–Crippen MR) is 102 cm³/mol. The van der Waals surface area contributed by atoms with Gasteiger partial charge in [-0.3, -0.25) is 4.79 Å². The number of nitrogens with one attached hydrogen (secondary N) is 2. The zero-order valence-electron chi connectivity index (χ0n) is 15.7. The number of unbranched alkanes of at least 4 members (excludes halogenated alkanes) is 2. The van der Waals surface area contributed by atoms with Crippen molar-refractivity contribution in [1.82, 2.24) is 10.0 Å². The molecule has 0 aliphatic carbocycles. The van der Waals surface area contributed by atoms with Gasteiger partial charge in [0.25, 0.3) is 5.91 Å². The third-order valence-electron chi connectivity index (χ3n) is 4.55. The van der Waals surface area contributed by atoms with Gasteiger partial charge in [0.05, 0.1) is 11.0 Å². The van der Waals surface area contributed by atoms with Crippen LogP contribution in [0, 0.1) is 0 Å². The van der Waals surface area contributed by atoms with Crippen LogP contribution >= 0.6 is 0 Å². The van der Waals surface area contributed by atoms with Gasteiger partial charge >= 0.3 is 0 Å². The summed E-state index contributed by atoms with van der Waals surface area (Å²) in [5, 5.41) is 2.94. The first-order valence-corrected chi connectivity index (χ1v) is 10.9. The number of carbonyl (C=O) groups excluding carboxylic acids is 1. The molecule has 146 valence electrons. The summed E-state index contributed by atoms with van der Waals surface area (Å²) in [6, 6.07) is 6.21. The van der Waals surface area contributed by atoms with Crippen molar-refractivity contribution in [2.45, 2.75) is 69.4 Å². The minimum atomic E-state index is -3.66. The Bertz CT molecular complexity index is 685. The smallest absolute Gasteiger partial charge is 0.251 e. The van der Waals surface area contributed by atoms with E-state index < -0.39 is 10.0 Å². The number of benzene rings is 1. The molecule has 7 heteroatoms. The molecule has 1 aliphatic rings. The van der Waals surface area contributed by atoms with Crippen LogP contribution in [0.1, 0.15) is 62.7 Å². The fourth-order valence-electron chi connectivity index (χ4n) is 2.98. The number of hydrogen-bond acceptors (Lipinski definition) is 4. The van der Waals surface area contributed by atoms with Crippen molar-refractivity contribution in [3.8, 4) is 0 Å². The van der Waals surface area contributed by atoms with E-state index in [4.69, 9.17) is 4.74 Å². The summed E-state index contributed by atoms with van der Waals surface area (Å²) in [6.07, 6.45) is 6.02. The maximum atomic E-state index is 12.5. The lowest BCUT2D eigenvalue weighted by Gasteiger charge is -2.15. The first-order chi connectivity index (χ1) is 12.4. The quantitative estimate of drug-likeness (QED) is 0.610. The summed E-state index contributed by atoms with van der Waals surface area (Å²) < 4.78 is 32.9.